The Labute approximate surface area is 70.7 Å². The molecule has 0 atom stereocenters. The number of nitrogens with one attached hydrogen (secondary N) is 1. The van der Waals surface area contributed by atoms with Gasteiger partial charge in [0.1, 0.15) is 0 Å². The number of carbonyl (C=O) groups is 1. The minimum atomic E-state index is 0.577. The molecule has 0 fully saturated rings. The lowest BCUT2D eigenvalue weighted by atomic mass is 10.1. The van der Waals surface area contributed by atoms with Crippen molar-refractivity contribution in [1.82, 2.24) is 4.98 Å². The molecule has 2 heterocycles. The predicted molar refractivity (Wildman–Crippen MR) is 44.3 cm³/mol. The molecule has 0 bridgehead atoms. The molecule has 3 heteroatoms. The number of H-pyrrole nitrogens is 1. The SMILES string of the molecule is Cc1[nH]c2c(c1C=O)COCC2. The highest BCUT2D eigenvalue weighted by molar-refractivity contribution is 5.79. The van der Waals surface area contributed by atoms with Crippen molar-refractivity contribution in [2.75, 3.05) is 6.61 Å². The summed E-state index contributed by atoms with van der Waals surface area (Å²) in [6, 6.07) is 0. The summed E-state index contributed by atoms with van der Waals surface area (Å²) in [6.07, 6.45) is 1.80. The maximum atomic E-state index is 10.7. The maximum absolute atomic E-state index is 10.7. The molecule has 2 rings (SSSR count). The number of aromatic nitrogens is 1. The summed E-state index contributed by atoms with van der Waals surface area (Å²) >= 11 is 0. The summed E-state index contributed by atoms with van der Waals surface area (Å²) in [6.45, 7) is 3.25. The average Bonchev–Trinajstić information content (AvgIpc) is 2.40. The Balaban J connectivity index is 2.53. The number of hydrogen-bond acceptors (Lipinski definition) is 2. The van der Waals surface area contributed by atoms with Crippen LogP contribution in [0.15, 0.2) is 0 Å². The van der Waals surface area contributed by atoms with E-state index in [1.807, 2.05) is 6.92 Å². The molecule has 0 saturated carbocycles. The highest BCUT2D eigenvalue weighted by Crippen LogP contribution is 2.21. The zero-order chi connectivity index (χ0) is 8.55. The van der Waals surface area contributed by atoms with Gasteiger partial charge in [-0.15, -0.1) is 0 Å². The van der Waals surface area contributed by atoms with Crippen molar-refractivity contribution in [2.24, 2.45) is 0 Å². The standard InChI is InChI=1S/C9H11NO2/c1-6-7(4-11)8-5-12-3-2-9(8)10-6/h4,10H,2-3,5H2,1H3. The molecular weight excluding hydrogens is 154 g/mol. The number of carbonyl (C=O) groups excluding carboxylic acids is 1. The monoisotopic (exact) mass is 165 g/mol. The number of aldehydes is 1. The summed E-state index contributed by atoms with van der Waals surface area (Å²) in [5.74, 6) is 0. The number of fused-ring (bicyclic) bond motifs is 1. The number of aryl methyl sites for hydroxylation is 1. The average molecular weight is 165 g/mol. The largest absolute Gasteiger partial charge is 0.376 e. The lowest BCUT2D eigenvalue weighted by molar-refractivity contribution is 0.105. The van der Waals surface area contributed by atoms with Gasteiger partial charge >= 0.3 is 0 Å². The van der Waals surface area contributed by atoms with Gasteiger partial charge in [-0.3, -0.25) is 4.79 Å². The number of ether oxygens (including phenoxy) is 1. The summed E-state index contributed by atoms with van der Waals surface area (Å²) in [4.78, 5) is 13.9. The fourth-order valence-electron chi connectivity index (χ4n) is 1.64. The molecule has 3 nitrogen and oxygen atoms in total. The highest BCUT2D eigenvalue weighted by Gasteiger charge is 2.17. The van der Waals surface area contributed by atoms with Gasteiger partial charge in [-0.1, -0.05) is 0 Å². The van der Waals surface area contributed by atoms with E-state index in [9.17, 15) is 4.79 Å². The highest BCUT2D eigenvalue weighted by atomic mass is 16.5. The Hall–Kier alpha value is -1.09. The second-order valence-corrected chi connectivity index (χ2v) is 3.04. The second-order valence-electron chi connectivity index (χ2n) is 3.04. The Morgan fingerprint density at radius 1 is 1.58 bits per heavy atom. The van der Waals surface area contributed by atoms with Crippen LogP contribution in [-0.2, 0) is 17.8 Å². The van der Waals surface area contributed by atoms with E-state index in [4.69, 9.17) is 4.74 Å². The van der Waals surface area contributed by atoms with Crippen molar-refractivity contribution in [3.05, 3.63) is 22.5 Å². The van der Waals surface area contributed by atoms with Crippen LogP contribution in [0.3, 0.4) is 0 Å². The van der Waals surface area contributed by atoms with Crippen molar-refractivity contribution in [1.29, 1.82) is 0 Å². The molecule has 1 aromatic rings. The van der Waals surface area contributed by atoms with Crippen LogP contribution in [0.1, 0.15) is 27.3 Å². The molecule has 12 heavy (non-hydrogen) atoms. The Morgan fingerprint density at radius 2 is 2.42 bits per heavy atom. The van der Waals surface area contributed by atoms with Gasteiger partial charge in [0.15, 0.2) is 6.29 Å². The summed E-state index contributed by atoms with van der Waals surface area (Å²) in [5, 5.41) is 0. The van der Waals surface area contributed by atoms with Crippen LogP contribution in [0.2, 0.25) is 0 Å². The molecule has 0 amide bonds. The smallest absolute Gasteiger partial charge is 0.152 e. The molecular formula is C9H11NO2. The second kappa shape index (κ2) is 2.75. The van der Waals surface area contributed by atoms with Crippen LogP contribution in [-0.4, -0.2) is 17.9 Å². The minimum absolute atomic E-state index is 0.577. The third kappa shape index (κ3) is 0.975. The maximum Gasteiger partial charge on any atom is 0.152 e. The molecule has 1 N–H and O–H groups in total. The molecule has 0 spiro atoms. The summed E-state index contributed by atoms with van der Waals surface area (Å²) in [7, 11) is 0. The van der Waals surface area contributed by atoms with Gasteiger partial charge in [0, 0.05) is 28.9 Å². The van der Waals surface area contributed by atoms with E-state index in [1.54, 1.807) is 0 Å². The van der Waals surface area contributed by atoms with E-state index < -0.39 is 0 Å². The van der Waals surface area contributed by atoms with E-state index in [-0.39, 0.29) is 0 Å². The van der Waals surface area contributed by atoms with Gasteiger partial charge in [0.05, 0.1) is 13.2 Å². The molecule has 0 saturated heterocycles. The van der Waals surface area contributed by atoms with Crippen molar-refractivity contribution in [2.45, 2.75) is 20.0 Å². The van der Waals surface area contributed by atoms with Gasteiger partial charge in [-0.05, 0) is 6.92 Å². The van der Waals surface area contributed by atoms with Crippen LogP contribution < -0.4 is 0 Å². The minimum Gasteiger partial charge on any atom is -0.376 e. The molecule has 0 aliphatic carbocycles. The fraction of sp³-hybridized carbons (Fsp3) is 0.444. The first-order valence-corrected chi connectivity index (χ1v) is 4.06. The van der Waals surface area contributed by atoms with E-state index in [1.165, 1.54) is 5.69 Å². The van der Waals surface area contributed by atoms with Crippen molar-refractivity contribution >= 4 is 6.29 Å². The van der Waals surface area contributed by atoms with Gasteiger partial charge in [-0.2, -0.15) is 0 Å². The molecule has 1 aliphatic heterocycles. The third-order valence-corrected chi connectivity index (χ3v) is 2.29. The van der Waals surface area contributed by atoms with Crippen LogP contribution in [0.5, 0.6) is 0 Å². The molecule has 1 aliphatic rings. The normalized spacial score (nSPS) is 15.8. The number of aromatic amines is 1. The van der Waals surface area contributed by atoms with E-state index in [0.717, 1.165) is 36.1 Å². The first kappa shape index (κ1) is 7.55. The first-order chi connectivity index (χ1) is 5.83. The number of rotatable bonds is 1. The van der Waals surface area contributed by atoms with Crippen LogP contribution in [0, 0.1) is 6.92 Å². The predicted octanol–water partition coefficient (Wildman–Crippen LogP) is 1.21. The van der Waals surface area contributed by atoms with E-state index in [0.29, 0.717) is 6.61 Å². The molecule has 0 unspecified atom stereocenters. The zero-order valence-corrected chi connectivity index (χ0v) is 7.02. The Bertz CT molecular complexity index is 315. The van der Waals surface area contributed by atoms with Gasteiger partial charge in [0.25, 0.3) is 0 Å². The van der Waals surface area contributed by atoms with Gasteiger partial charge in [-0.25, -0.2) is 0 Å². The fourth-order valence-corrected chi connectivity index (χ4v) is 1.64. The molecule has 64 valence electrons. The van der Waals surface area contributed by atoms with E-state index >= 15 is 0 Å². The summed E-state index contributed by atoms with van der Waals surface area (Å²) in [5.41, 5.74) is 3.96. The van der Waals surface area contributed by atoms with Crippen LogP contribution in [0.4, 0.5) is 0 Å². The zero-order valence-electron chi connectivity index (χ0n) is 7.02. The molecule has 1 aromatic heterocycles. The van der Waals surface area contributed by atoms with Gasteiger partial charge in [0.2, 0.25) is 0 Å². The lowest BCUT2D eigenvalue weighted by Crippen LogP contribution is -2.09. The first-order valence-electron chi connectivity index (χ1n) is 4.06. The summed E-state index contributed by atoms with van der Waals surface area (Å²) < 4.78 is 5.27. The van der Waals surface area contributed by atoms with Crippen LogP contribution >= 0.6 is 0 Å². The van der Waals surface area contributed by atoms with Crippen LogP contribution in [0.25, 0.3) is 0 Å². The number of hydrogen-bond donors (Lipinski definition) is 1. The quantitative estimate of drug-likeness (QED) is 0.635. The van der Waals surface area contributed by atoms with Crippen molar-refractivity contribution in [3.8, 4) is 0 Å². The molecule has 0 radical (unpaired) electrons. The topological polar surface area (TPSA) is 42.1 Å². The van der Waals surface area contributed by atoms with E-state index in [2.05, 4.69) is 4.98 Å². The van der Waals surface area contributed by atoms with Crippen molar-refractivity contribution in [3.63, 3.8) is 0 Å². The Morgan fingerprint density at radius 3 is 3.17 bits per heavy atom. The van der Waals surface area contributed by atoms with Gasteiger partial charge < -0.3 is 9.72 Å². The molecule has 0 aromatic carbocycles. The van der Waals surface area contributed by atoms with Crippen molar-refractivity contribution < 1.29 is 9.53 Å². The third-order valence-electron chi connectivity index (χ3n) is 2.29. The Kier molecular flexibility index (Phi) is 1.73. The lowest BCUT2D eigenvalue weighted by Gasteiger charge is -2.11.